The molecule has 0 spiro atoms. The average Bonchev–Trinajstić information content (AvgIpc) is 3.09. The van der Waals surface area contributed by atoms with Crippen LogP contribution in [0.4, 0.5) is 4.79 Å². The number of nitrogens with zero attached hydrogens (tertiary/aromatic N) is 2. The number of carbonyl (C=O) groups is 1. The van der Waals surface area contributed by atoms with Crippen molar-refractivity contribution < 1.29 is 28.5 Å². The lowest BCUT2D eigenvalue weighted by atomic mass is 9.93. The number of ether oxygens (including phenoxy) is 5. The van der Waals surface area contributed by atoms with Crippen LogP contribution in [0.2, 0.25) is 0 Å². The van der Waals surface area contributed by atoms with E-state index in [2.05, 4.69) is 29.2 Å². The molecule has 2 aromatic carbocycles. The van der Waals surface area contributed by atoms with Crippen molar-refractivity contribution in [1.29, 1.82) is 0 Å². The zero-order chi connectivity index (χ0) is 24.4. The van der Waals surface area contributed by atoms with Crippen molar-refractivity contribution in [3.63, 3.8) is 0 Å². The van der Waals surface area contributed by atoms with Crippen molar-refractivity contribution >= 4 is 6.09 Å². The SMILES string of the molecule is CC(C)(C)OC(=O)N1CCCN(C(c2ccc3c(c2)COCO3)c2ccc3c(c2)COCO3)CC1. The minimum atomic E-state index is -0.508. The molecule has 35 heavy (non-hydrogen) atoms. The van der Waals surface area contributed by atoms with Crippen molar-refractivity contribution in [1.82, 2.24) is 9.80 Å². The monoisotopic (exact) mass is 482 g/mol. The molecule has 1 saturated heterocycles. The Hall–Kier alpha value is -2.81. The van der Waals surface area contributed by atoms with Crippen molar-refractivity contribution in [3.05, 3.63) is 58.7 Å². The van der Waals surface area contributed by atoms with Crippen LogP contribution in [0.5, 0.6) is 11.5 Å². The third-order valence-electron chi connectivity index (χ3n) is 6.46. The summed E-state index contributed by atoms with van der Waals surface area (Å²) >= 11 is 0. The molecule has 0 saturated carbocycles. The minimum absolute atomic E-state index is 0.00744. The molecule has 5 rings (SSSR count). The van der Waals surface area contributed by atoms with Gasteiger partial charge in [0.15, 0.2) is 13.6 Å². The summed E-state index contributed by atoms with van der Waals surface area (Å²) in [5, 5.41) is 0. The van der Waals surface area contributed by atoms with E-state index < -0.39 is 5.60 Å². The molecule has 2 aromatic rings. The average molecular weight is 483 g/mol. The molecule has 188 valence electrons. The molecule has 0 atom stereocenters. The Morgan fingerprint density at radius 2 is 1.46 bits per heavy atom. The van der Waals surface area contributed by atoms with Crippen molar-refractivity contribution in [2.24, 2.45) is 0 Å². The molecule has 1 fully saturated rings. The van der Waals surface area contributed by atoms with Crippen LogP contribution in [-0.2, 0) is 27.4 Å². The van der Waals surface area contributed by atoms with Crippen LogP contribution in [-0.4, -0.2) is 61.3 Å². The first-order valence-electron chi connectivity index (χ1n) is 12.3. The summed E-state index contributed by atoms with van der Waals surface area (Å²) in [6.07, 6.45) is 0.617. The maximum atomic E-state index is 12.7. The molecule has 1 amide bonds. The Kier molecular flexibility index (Phi) is 6.86. The zero-order valence-corrected chi connectivity index (χ0v) is 20.7. The van der Waals surface area contributed by atoms with Gasteiger partial charge in [0.25, 0.3) is 0 Å². The second-order valence-corrected chi connectivity index (χ2v) is 10.2. The van der Waals surface area contributed by atoms with Gasteiger partial charge in [0.05, 0.1) is 19.3 Å². The molecule has 8 nitrogen and oxygen atoms in total. The smallest absolute Gasteiger partial charge is 0.410 e. The van der Waals surface area contributed by atoms with Crippen LogP contribution in [0.1, 0.15) is 55.5 Å². The standard InChI is InChI=1S/C27H34N2O6/c1-27(2,3)35-26(30)29-10-4-9-28(11-12-29)25(19-5-7-23-21(13-19)15-31-17-33-23)20-6-8-24-22(14-20)16-32-18-34-24/h5-8,13-14,25H,4,9-12,15-18H2,1-3H3. The van der Waals surface area contributed by atoms with Crippen LogP contribution in [0.25, 0.3) is 0 Å². The summed E-state index contributed by atoms with van der Waals surface area (Å²) in [5.74, 6) is 1.75. The molecule has 0 aliphatic carbocycles. The first kappa shape index (κ1) is 23.9. The highest BCUT2D eigenvalue weighted by Crippen LogP contribution is 2.36. The van der Waals surface area contributed by atoms with E-state index in [1.807, 2.05) is 37.8 Å². The lowest BCUT2D eigenvalue weighted by Crippen LogP contribution is -2.39. The normalized spacial score (nSPS) is 18.7. The van der Waals surface area contributed by atoms with E-state index in [4.69, 9.17) is 23.7 Å². The topological polar surface area (TPSA) is 69.7 Å². The number of hydrogen-bond donors (Lipinski definition) is 0. The number of amides is 1. The molecular weight excluding hydrogens is 448 g/mol. The molecule has 0 radical (unpaired) electrons. The molecule has 0 aromatic heterocycles. The van der Waals surface area contributed by atoms with Gasteiger partial charge >= 0.3 is 6.09 Å². The van der Waals surface area contributed by atoms with Gasteiger partial charge in [-0.05, 0) is 62.6 Å². The lowest BCUT2D eigenvalue weighted by molar-refractivity contribution is -0.0164. The van der Waals surface area contributed by atoms with E-state index in [1.54, 1.807) is 0 Å². The van der Waals surface area contributed by atoms with E-state index in [0.29, 0.717) is 26.3 Å². The summed E-state index contributed by atoms with van der Waals surface area (Å²) in [6.45, 7) is 10.2. The fourth-order valence-electron chi connectivity index (χ4n) is 4.88. The number of hydrogen-bond acceptors (Lipinski definition) is 7. The number of fused-ring (bicyclic) bond motifs is 2. The minimum Gasteiger partial charge on any atom is -0.467 e. The maximum absolute atomic E-state index is 12.7. The highest BCUT2D eigenvalue weighted by molar-refractivity contribution is 5.68. The van der Waals surface area contributed by atoms with Gasteiger partial charge in [-0.2, -0.15) is 0 Å². The maximum Gasteiger partial charge on any atom is 0.410 e. The second kappa shape index (κ2) is 10.0. The van der Waals surface area contributed by atoms with Crippen molar-refractivity contribution in [2.45, 2.75) is 52.0 Å². The van der Waals surface area contributed by atoms with Gasteiger partial charge in [0.1, 0.15) is 17.1 Å². The van der Waals surface area contributed by atoms with Gasteiger partial charge in [0.2, 0.25) is 0 Å². The van der Waals surface area contributed by atoms with Gasteiger partial charge in [-0.15, -0.1) is 0 Å². The van der Waals surface area contributed by atoms with Crippen LogP contribution >= 0.6 is 0 Å². The first-order chi connectivity index (χ1) is 16.9. The molecule has 3 aliphatic rings. The molecule has 8 heteroatoms. The largest absolute Gasteiger partial charge is 0.467 e. The van der Waals surface area contributed by atoms with Gasteiger partial charge in [-0.3, -0.25) is 4.90 Å². The summed E-state index contributed by atoms with van der Waals surface area (Å²) < 4.78 is 28.0. The van der Waals surface area contributed by atoms with Crippen LogP contribution in [0.15, 0.2) is 36.4 Å². The molecular formula is C27H34N2O6. The van der Waals surface area contributed by atoms with E-state index in [0.717, 1.165) is 42.1 Å². The van der Waals surface area contributed by atoms with E-state index >= 15 is 0 Å². The van der Waals surface area contributed by atoms with E-state index in [1.165, 1.54) is 11.1 Å². The summed E-state index contributed by atoms with van der Waals surface area (Å²) in [5.41, 5.74) is 3.93. The molecule has 0 unspecified atom stereocenters. The summed E-state index contributed by atoms with van der Waals surface area (Å²) in [7, 11) is 0. The number of carbonyl (C=O) groups excluding carboxylic acids is 1. The fraction of sp³-hybridized carbons (Fsp3) is 0.519. The Morgan fingerprint density at radius 3 is 2.03 bits per heavy atom. The summed E-state index contributed by atoms with van der Waals surface area (Å²) in [6, 6.07) is 12.7. The molecule has 0 bridgehead atoms. The quantitative estimate of drug-likeness (QED) is 0.640. The molecule has 0 N–H and O–H groups in total. The van der Waals surface area contributed by atoms with E-state index in [-0.39, 0.29) is 25.7 Å². The third-order valence-corrected chi connectivity index (χ3v) is 6.46. The Morgan fingerprint density at radius 1 is 0.857 bits per heavy atom. The highest BCUT2D eigenvalue weighted by atomic mass is 16.7. The number of benzene rings is 2. The third kappa shape index (κ3) is 5.55. The molecule has 3 heterocycles. The second-order valence-electron chi connectivity index (χ2n) is 10.2. The van der Waals surface area contributed by atoms with Crippen LogP contribution < -0.4 is 9.47 Å². The van der Waals surface area contributed by atoms with E-state index in [9.17, 15) is 4.79 Å². The Balaban J connectivity index is 1.44. The predicted molar refractivity (Wildman–Crippen MR) is 129 cm³/mol. The van der Waals surface area contributed by atoms with Crippen molar-refractivity contribution in [3.8, 4) is 11.5 Å². The summed E-state index contributed by atoms with van der Waals surface area (Å²) in [4.78, 5) is 17.0. The van der Waals surface area contributed by atoms with Gasteiger partial charge in [-0.1, -0.05) is 12.1 Å². The van der Waals surface area contributed by atoms with Crippen molar-refractivity contribution in [2.75, 3.05) is 39.8 Å². The zero-order valence-electron chi connectivity index (χ0n) is 20.7. The van der Waals surface area contributed by atoms with Crippen LogP contribution in [0.3, 0.4) is 0 Å². The predicted octanol–water partition coefficient (Wildman–Crippen LogP) is 4.45. The van der Waals surface area contributed by atoms with Gasteiger partial charge < -0.3 is 28.6 Å². The Bertz CT molecular complexity index is 1010. The van der Waals surface area contributed by atoms with Crippen LogP contribution in [0, 0.1) is 0 Å². The molecule has 3 aliphatic heterocycles. The van der Waals surface area contributed by atoms with Gasteiger partial charge in [-0.25, -0.2) is 4.79 Å². The lowest BCUT2D eigenvalue weighted by Gasteiger charge is -2.33. The van der Waals surface area contributed by atoms with Gasteiger partial charge in [0, 0.05) is 37.3 Å². The first-order valence-corrected chi connectivity index (χ1v) is 12.3. The highest BCUT2D eigenvalue weighted by Gasteiger charge is 2.30. The Labute approximate surface area is 206 Å². The number of rotatable bonds is 3. The fourth-order valence-corrected chi connectivity index (χ4v) is 4.88.